The molecule has 21 heavy (non-hydrogen) atoms. The fourth-order valence-electron chi connectivity index (χ4n) is 1.81. The second-order valence-corrected chi connectivity index (χ2v) is 4.91. The topological polar surface area (TPSA) is 87.7 Å². The summed E-state index contributed by atoms with van der Waals surface area (Å²) in [5.74, 6) is -0.381. The first kappa shape index (κ1) is 14.9. The van der Waals surface area contributed by atoms with Crippen molar-refractivity contribution in [2.75, 3.05) is 5.32 Å². The molecule has 2 aromatic carbocycles. The van der Waals surface area contributed by atoms with Gasteiger partial charge >= 0.3 is 0 Å². The fourth-order valence-corrected chi connectivity index (χ4v) is 1.97. The summed E-state index contributed by atoms with van der Waals surface area (Å²) in [5.41, 5.74) is 7.88. The molecule has 0 saturated heterocycles. The van der Waals surface area contributed by atoms with Crippen molar-refractivity contribution >= 4 is 29.0 Å². The lowest BCUT2D eigenvalue weighted by Gasteiger charge is -2.09. The molecule has 4 N–H and O–H groups in total. The highest BCUT2D eigenvalue weighted by Crippen LogP contribution is 2.23. The van der Waals surface area contributed by atoms with E-state index in [9.17, 15) is 4.79 Å². The van der Waals surface area contributed by atoms with Gasteiger partial charge in [0.15, 0.2) is 5.84 Å². The highest BCUT2D eigenvalue weighted by atomic mass is 35.5. The highest BCUT2D eigenvalue weighted by Gasteiger charge is 2.10. The molecular weight excluding hydrogens is 290 g/mol. The molecule has 5 nitrogen and oxygen atoms in total. The van der Waals surface area contributed by atoms with Gasteiger partial charge < -0.3 is 16.3 Å². The SMILES string of the molecule is Cc1ccc(Cl)c(NC(=O)c2cccc(/C(N)=N/O)c2)c1. The summed E-state index contributed by atoms with van der Waals surface area (Å²) in [7, 11) is 0. The minimum absolute atomic E-state index is 0.0572. The summed E-state index contributed by atoms with van der Waals surface area (Å²) in [5, 5.41) is 14.8. The Morgan fingerprint density at radius 2 is 1.95 bits per heavy atom. The normalized spacial score (nSPS) is 11.2. The number of nitrogens with one attached hydrogen (secondary N) is 1. The maximum atomic E-state index is 12.2. The number of nitrogens with two attached hydrogens (primary N) is 1. The molecule has 0 heterocycles. The minimum atomic E-state index is -0.324. The van der Waals surface area contributed by atoms with Gasteiger partial charge in [0.2, 0.25) is 0 Å². The van der Waals surface area contributed by atoms with Crippen molar-refractivity contribution in [2.24, 2.45) is 10.9 Å². The van der Waals surface area contributed by atoms with Gasteiger partial charge in [-0.1, -0.05) is 35.0 Å². The van der Waals surface area contributed by atoms with Crippen molar-refractivity contribution in [3.8, 4) is 0 Å². The molecule has 0 bridgehead atoms. The summed E-state index contributed by atoms with van der Waals surface area (Å²) < 4.78 is 0. The zero-order valence-corrected chi connectivity index (χ0v) is 12.1. The van der Waals surface area contributed by atoms with Crippen LogP contribution in [0.3, 0.4) is 0 Å². The smallest absolute Gasteiger partial charge is 0.255 e. The van der Waals surface area contributed by atoms with Crippen LogP contribution in [0.2, 0.25) is 5.02 Å². The molecule has 0 atom stereocenters. The molecule has 0 spiro atoms. The zero-order valence-electron chi connectivity index (χ0n) is 11.3. The van der Waals surface area contributed by atoms with E-state index < -0.39 is 0 Å². The molecule has 0 radical (unpaired) electrons. The van der Waals surface area contributed by atoms with Gasteiger partial charge in [0.25, 0.3) is 5.91 Å². The molecule has 0 saturated carbocycles. The molecule has 1 amide bonds. The quantitative estimate of drug-likeness (QED) is 0.352. The van der Waals surface area contributed by atoms with Crippen molar-refractivity contribution in [1.29, 1.82) is 0 Å². The number of rotatable bonds is 3. The molecular formula is C15H14ClN3O2. The number of oxime groups is 1. The Bertz CT molecular complexity index is 714. The Hall–Kier alpha value is -2.53. The minimum Gasteiger partial charge on any atom is -0.409 e. The molecule has 0 aliphatic carbocycles. The maximum Gasteiger partial charge on any atom is 0.255 e. The number of anilines is 1. The second-order valence-electron chi connectivity index (χ2n) is 4.50. The monoisotopic (exact) mass is 303 g/mol. The lowest BCUT2D eigenvalue weighted by molar-refractivity contribution is 0.102. The van der Waals surface area contributed by atoms with Crippen LogP contribution in [0.15, 0.2) is 47.6 Å². The summed E-state index contributed by atoms with van der Waals surface area (Å²) in [6.07, 6.45) is 0. The predicted octanol–water partition coefficient (Wildman–Crippen LogP) is 3.00. The lowest BCUT2D eigenvalue weighted by atomic mass is 10.1. The number of amidine groups is 1. The van der Waals surface area contributed by atoms with E-state index in [-0.39, 0.29) is 11.7 Å². The number of nitrogens with zero attached hydrogens (tertiary/aromatic N) is 1. The van der Waals surface area contributed by atoms with Gasteiger partial charge in [-0.25, -0.2) is 0 Å². The molecule has 0 aromatic heterocycles. The Morgan fingerprint density at radius 3 is 2.67 bits per heavy atom. The highest BCUT2D eigenvalue weighted by molar-refractivity contribution is 6.34. The summed E-state index contributed by atoms with van der Waals surface area (Å²) in [4.78, 5) is 12.2. The van der Waals surface area contributed by atoms with Crippen LogP contribution < -0.4 is 11.1 Å². The molecule has 0 fully saturated rings. The van der Waals surface area contributed by atoms with Gasteiger partial charge in [-0.15, -0.1) is 0 Å². The van der Waals surface area contributed by atoms with E-state index in [1.807, 2.05) is 13.0 Å². The van der Waals surface area contributed by atoms with Crippen molar-refractivity contribution in [1.82, 2.24) is 0 Å². The third-order valence-electron chi connectivity index (χ3n) is 2.90. The van der Waals surface area contributed by atoms with Crippen LogP contribution >= 0.6 is 11.6 Å². The third kappa shape index (κ3) is 3.52. The average molecular weight is 304 g/mol. The van der Waals surface area contributed by atoms with Crippen LogP contribution in [0, 0.1) is 6.92 Å². The van der Waals surface area contributed by atoms with Crippen molar-refractivity contribution in [3.63, 3.8) is 0 Å². The number of benzene rings is 2. The number of halogens is 1. The molecule has 0 unspecified atom stereocenters. The predicted molar refractivity (Wildman–Crippen MR) is 83.1 cm³/mol. The Balaban J connectivity index is 2.26. The van der Waals surface area contributed by atoms with E-state index >= 15 is 0 Å². The van der Waals surface area contributed by atoms with Crippen molar-refractivity contribution < 1.29 is 10.0 Å². The van der Waals surface area contributed by atoms with Gasteiger partial charge in [0, 0.05) is 11.1 Å². The fraction of sp³-hybridized carbons (Fsp3) is 0.0667. The zero-order chi connectivity index (χ0) is 15.4. The Morgan fingerprint density at radius 1 is 1.24 bits per heavy atom. The van der Waals surface area contributed by atoms with Gasteiger partial charge in [-0.05, 0) is 36.8 Å². The van der Waals surface area contributed by atoms with E-state index in [0.29, 0.717) is 21.8 Å². The van der Waals surface area contributed by atoms with Crippen LogP contribution in [-0.4, -0.2) is 17.0 Å². The second kappa shape index (κ2) is 6.28. The standard InChI is InChI=1S/C15H14ClN3O2/c1-9-5-6-12(16)13(7-9)18-15(20)11-4-2-3-10(8-11)14(17)19-21/h2-8,21H,1H3,(H2,17,19)(H,18,20). The van der Waals surface area contributed by atoms with E-state index in [0.717, 1.165) is 5.56 Å². The van der Waals surface area contributed by atoms with Crippen molar-refractivity contribution in [2.45, 2.75) is 6.92 Å². The lowest BCUT2D eigenvalue weighted by Crippen LogP contribution is -2.16. The van der Waals surface area contributed by atoms with E-state index in [1.165, 1.54) is 6.07 Å². The van der Waals surface area contributed by atoms with E-state index in [1.54, 1.807) is 30.3 Å². The molecule has 2 aromatic rings. The average Bonchev–Trinajstić information content (AvgIpc) is 2.50. The van der Waals surface area contributed by atoms with Crippen LogP contribution in [-0.2, 0) is 0 Å². The number of amides is 1. The Labute approximate surface area is 127 Å². The maximum absolute atomic E-state index is 12.2. The van der Waals surface area contributed by atoms with Gasteiger partial charge in [-0.2, -0.15) is 0 Å². The third-order valence-corrected chi connectivity index (χ3v) is 3.23. The number of carbonyl (C=O) groups is 1. The first-order chi connectivity index (χ1) is 10.0. The van der Waals surface area contributed by atoms with Gasteiger partial charge in [0.05, 0.1) is 10.7 Å². The van der Waals surface area contributed by atoms with Gasteiger partial charge in [-0.3, -0.25) is 4.79 Å². The van der Waals surface area contributed by atoms with Crippen LogP contribution in [0.1, 0.15) is 21.5 Å². The van der Waals surface area contributed by atoms with Crippen LogP contribution in [0.25, 0.3) is 0 Å². The largest absolute Gasteiger partial charge is 0.409 e. The molecule has 108 valence electrons. The number of hydrogen-bond acceptors (Lipinski definition) is 3. The molecule has 0 aliphatic rings. The summed E-state index contributed by atoms with van der Waals surface area (Å²) in [6.45, 7) is 1.91. The summed E-state index contributed by atoms with van der Waals surface area (Å²) in [6, 6.07) is 11.8. The Kier molecular flexibility index (Phi) is 4.45. The first-order valence-corrected chi connectivity index (χ1v) is 6.54. The van der Waals surface area contributed by atoms with Crippen LogP contribution in [0.4, 0.5) is 5.69 Å². The van der Waals surface area contributed by atoms with E-state index in [2.05, 4.69) is 10.5 Å². The number of aryl methyl sites for hydroxylation is 1. The van der Waals surface area contributed by atoms with Crippen molar-refractivity contribution in [3.05, 3.63) is 64.2 Å². The number of hydrogen-bond donors (Lipinski definition) is 3. The molecule has 6 heteroatoms. The molecule has 0 aliphatic heterocycles. The van der Waals surface area contributed by atoms with E-state index in [4.69, 9.17) is 22.5 Å². The van der Waals surface area contributed by atoms with Gasteiger partial charge in [0.1, 0.15) is 0 Å². The van der Waals surface area contributed by atoms with Crippen LogP contribution in [0.5, 0.6) is 0 Å². The number of carbonyl (C=O) groups excluding carboxylic acids is 1. The summed E-state index contributed by atoms with van der Waals surface area (Å²) >= 11 is 6.05. The first-order valence-electron chi connectivity index (χ1n) is 6.16. The molecule has 2 rings (SSSR count).